The number of thioether (sulfide) groups is 1. The maximum atomic E-state index is 12.1. The fourth-order valence-electron chi connectivity index (χ4n) is 2.52. The van der Waals surface area contributed by atoms with E-state index in [0.717, 1.165) is 34.2 Å². The molecule has 1 N–H and O–H groups in total. The van der Waals surface area contributed by atoms with E-state index in [1.165, 1.54) is 40.8 Å². The first-order chi connectivity index (χ1) is 10.8. The molecule has 1 aliphatic rings. The number of aromatic nitrogens is 1. The molecule has 0 atom stereocenters. The summed E-state index contributed by atoms with van der Waals surface area (Å²) in [7, 11) is 0. The quantitative estimate of drug-likeness (QED) is 0.667. The molecule has 0 aliphatic heterocycles. The summed E-state index contributed by atoms with van der Waals surface area (Å²) in [5.41, 5.74) is 1.84. The largest absolute Gasteiger partial charge is 0.316 e. The first-order valence-electron chi connectivity index (χ1n) is 7.14. The Morgan fingerprint density at radius 1 is 1.41 bits per heavy atom. The molecule has 0 fully saturated rings. The van der Waals surface area contributed by atoms with Gasteiger partial charge in [-0.25, -0.2) is 4.98 Å². The van der Waals surface area contributed by atoms with Crippen LogP contribution < -0.4 is 5.32 Å². The van der Waals surface area contributed by atoms with Crippen LogP contribution in [0, 0.1) is 11.3 Å². The molecule has 0 spiro atoms. The highest BCUT2D eigenvalue weighted by atomic mass is 32.2. The lowest BCUT2D eigenvalue weighted by molar-refractivity contribution is -0.113. The number of hydrogen-bond acceptors (Lipinski definition) is 6. The third-order valence-corrected chi connectivity index (χ3v) is 6.70. The maximum absolute atomic E-state index is 12.1. The number of carbonyl (C=O) groups excluding carboxylic acids is 1. The number of carbonyl (C=O) groups is 1. The van der Waals surface area contributed by atoms with Crippen molar-refractivity contribution in [3.8, 4) is 6.07 Å². The van der Waals surface area contributed by atoms with Crippen LogP contribution in [0.15, 0.2) is 15.9 Å². The van der Waals surface area contributed by atoms with Crippen molar-refractivity contribution in [3.05, 3.63) is 27.6 Å². The Hall–Kier alpha value is -1.36. The molecule has 0 saturated heterocycles. The molecule has 2 aromatic heterocycles. The first-order valence-corrected chi connectivity index (χ1v) is 9.83. The zero-order valence-corrected chi connectivity index (χ0v) is 14.4. The van der Waals surface area contributed by atoms with E-state index in [4.69, 9.17) is 0 Å². The second kappa shape index (κ2) is 7.27. The smallest absolute Gasteiger partial charge is 0.235 e. The van der Waals surface area contributed by atoms with Crippen LogP contribution in [0.2, 0.25) is 0 Å². The van der Waals surface area contributed by atoms with Crippen molar-refractivity contribution in [1.82, 2.24) is 4.98 Å². The number of anilines is 1. The fourth-order valence-corrected chi connectivity index (χ4v) is 5.21. The summed E-state index contributed by atoms with van der Waals surface area (Å²) in [6, 6.07) is 2.29. The molecule has 0 unspecified atom stereocenters. The molecule has 1 amide bonds. The second-order valence-electron chi connectivity index (χ2n) is 5.02. The summed E-state index contributed by atoms with van der Waals surface area (Å²) in [5.74, 6) is 0.245. The van der Waals surface area contributed by atoms with Gasteiger partial charge in [0, 0.05) is 16.5 Å². The molecule has 7 heteroatoms. The van der Waals surface area contributed by atoms with Gasteiger partial charge >= 0.3 is 0 Å². The molecular formula is C15H15N3OS3. The normalized spacial score (nSPS) is 14.0. The fraction of sp³-hybridized carbons (Fsp3) is 0.400. The van der Waals surface area contributed by atoms with Gasteiger partial charge in [-0.2, -0.15) is 5.26 Å². The van der Waals surface area contributed by atoms with E-state index in [1.54, 1.807) is 17.5 Å². The second-order valence-corrected chi connectivity index (χ2v) is 8.24. The SMILES string of the molecule is N#Cc1c(NC(=O)CSc2nccs2)sc2c1CCCCC2. The van der Waals surface area contributed by atoms with E-state index < -0.39 is 0 Å². The zero-order chi connectivity index (χ0) is 15.4. The number of nitrogens with zero attached hydrogens (tertiary/aromatic N) is 2. The summed E-state index contributed by atoms with van der Waals surface area (Å²) < 4.78 is 0.887. The number of nitriles is 1. The maximum Gasteiger partial charge on any atom is 0.235 e. The Morgan fingerprint density at radius 2 is 2.27 bits per heavy atom. The molecule has 0 bridgehead atoms. The number of nitrogens with one attached hydrogen (secondary N) is 1. The Morgan fingerprint density at radius 3 is 3.05 bits per heavy atom. The standard InChI is InChI=1S/C15H15N3OS3/c16-8-11-10-4-2-1-3-5-12(10)22-14(11)18-13(19)9-21-15-17-6-7-20-15/h6-7H,1-5,9H2,(H,18,19). The topological polar surface area (TPSA) is 65.8 Å². The van der Waals surface area contributed by atoms with Crippen LogP contribution >= 0.6 is 34.4 Å². The van der Waals surface area contributed by atoms with Crippen molar-refractivity contribution in [2.24, 2.45) is 0 Å². The third-order valence-electron chi connectivity index (χ3n) is 3.52. The summed E-state index contributed by atoms with van der Waals surface area (Å²) in [6.07, 6.45) is 7.24. The molecule has 22 heavy (non-hydrogen) atoms. The van der Waals surface area contributed by atoms with Gasteiger partial charge in [-0.15, -0.1) is 22.7 Å². The van der Waals surface area contributed by atoms with Gasteiger partial charge in [0.25, 0.3) is 0 Å². The van der Waals surface area contributed by atoms with Crippen LogP contribution in [-0.4, -0.2) is 16.6 Å². The minimum Gasteiger partial charge on any atom is -0.316 e. The van der Waals surface area contributed by atoms with Crippen LogP contribution in [0.1, 0.15) is 35.3 Å². The van der Waals surface area contributed by atoms with Crippen LogP contribution in [0.4, 0.5) is 5.00 Å². The number of hydrogen-bond donors (Lipinski definition) is 1. The van der Waals surface area contributed by atoms with Gasteiger partial charge in [0.15, 0.2) is 0 Å². The Bertz CT molecular complexity index is 700. The molecule has 2 heterocycles. The van der Waals surface area contributed by atoms with Gasteiger partial charge in [-0.1, -0.05) is 18.2 Å². The molecular weight excluding hydrogens is 334 g/mol. The van der Waals surface area contributed by atoms with E-state index in [1.807, 2.05) is 5.38 Å². The lowest BCUT2D eigenvalue weighted by Gasteiger charge is -2.03. The van der Waals surface area contributed by atoms with Crippen LogP contribution in [0.5, 0.6) is 0 Å². The predicted molar refractivity (Wildman–Crippen MR) is 91.8 cm³/mol. The highest BCUT2D eigenvalue weighted by Gasteiger charge is 2.20. The number of amides is 1. The molecule has 114 valence electrons. The number of fused-ring (bicyclic) bond motifs is 1. The summed E-state index contributed by atoms with van der Waals surface area (Å²) in [5, 5.41) is 15.0. The monoisotopic (exact) mass is 349 g/mol. The van der Waals surface area contributed by atoms with Gasteiger partial charge < -0.3 is 5.32 Å². The molecule has 0 aromatic carbocycles. The average molecular weight is 350 g/mol. The Labute approximate surface area is 141 Å². The van der Waals surface area contributed by atoms with Gasteiger partial charge in [0.2, 0.25) is 5.91 Å². The zero-order valence-electron chi connectivity index (χ0n) is 11.9. The summed E-state index contributed by atoms with van der Waals surface area (Å²) in [6.45, 7) is 0. The van der Waals surface area contributed by atoms with E-state index in [9.17, 15) is 10.1 Å². The van der Waals surface area contributed by atoms with Gasteiger partial charge in [0.05, 0.1) is 11.3 Å². The van der Waals surface area contributed by atoms with E-state index >= 15 is 0 Å². The van der Waals surface area contributed by atoms with Gasteiger partial charge in [-0.3, -0.25) is 4.79 Å². The number of thiazole rings is 1. The first kappa shape index (κ1) is 15.5. The van der Waals surface area contributed by atoms with Gasteiger partial charge in [0.1, 0.15) is 15.4 Å². The molecule has 1 aliphatic carbocycles. The van der Waals surface area contributed by atoms with Crippen LogP contribution in [0.3, 0.4) is 0 Å². The van der Waals surface area contributed by atoms with E-state index in [-0.39, 0.29) is 5.91 Å². The minimum atomic E-state index is -0.0758. The highest BCUT2D eigenvalue weighted by Crippen LogP contribution is 2.37. The molecule has 4 nitrogen and oxygen atoms in total. The number of rotatable bonds is 4. The average Bonchev–Trinajstić information content (AvgIpc) is 3.08. The summed E-state index contributed by atoms with van der Waals surface area (Å²) in [4.78, 5) is 17.5. The van der Waals surface area contributed by atoms with Crippen molar-refractivity contribution in [2.45, 2.75) is 36.4 Å². The van der Waals surface area contributed by atoms with Crippen LogP contribution in [0.25, 0.3) is 0 Å². The predicted octanol–water partition coefficient (Wildman–Crippen LogP) is 4.08. The van der Waals surface area contributed by atoms with Crippen molar-refractivity contribution in [2.75, 3.05) is 11.1 Å². The van der Waals surface area contributed by atoms with Crippen molar-refractivity contribution in [1.29, 1.82) is 5.26 Å². The highest BCUT2D eigenvalue weighted by molar-refractivity contribution is 8.01. The van der Waals surface area contributed by atoms with Crippen molar-refractivity contribution < 1.29 is 4.79 Å². The molecule has 0 saturated carbocycles. The molecule has 0 radical (unpaired) electrons. The van der Waals surface area contributed by atoms with Crippen LogP contribution in [-0.2, 0) is 17.6 Å². The van der Waals surface area contributed by atoms with E-state index in [2.05, 4.69) is 16.4 Å². The van der Waals surface area contributed by atoms with Crippen molar-refractivity contribution in [3.63, 3.8) is 0 Å². The van der Waals surface area contributed by atoms with Crippen molar-refractivity contribution >= 4 is 45.3 Å². The van der Waals surface area contributed by atoms with E-state index in [0.29, 0.717) is 11.3 Å². The lowest BCUT2D eigenvalue weighted by atomic mass is 10.1. The molecule has 2 aromatic rings. The minimum absolute atomic E-state index is 0.0758. The lowest BCUT2D eigenvalue weighted by Crippen LogP contribution is -2.13. The third kappa shape index (κ3) is 3.51. The Kier molecular flexibility index (Phi) is 5.13. The summed E-state index contributed by atoms with van der Waals surface area (Å²) >= 11 is 4.52. The number of thiophene rings is 1. The Balaban J connectivity index is 1.69. The molecule has 3 rings (SSSR count). The number of aryl methyl sites for hydroxylation is 1. The van der Waals surface area contributed by atoms with Gasteiger partial charge in [-0.05, 0) is 31.2 Å².